The lowest BCUT2D eigenvalue weighted by Crippen LogP contribution is -2.31. The molecule has 0 aliphatic heterocycles. The molecule has 0 aliphatic carbocycles. The summed E-state index contributed by atoms with van der Waals surface area (Å²) in [5.41, 5.74) is 1.55. The number of aromatic amines is 1. The summed E-state index contributed by atoms with van der Waals surface area (Å²) < 4.78 is 5.92. The van der Waals surface area contributed by atoms with Crippen LogP contribution in [0.4, 0.5) is 0 Å². The minimum Gasteiger partial charge on any atom is -0.491 e. The summed E-state index contributed by atoms with van der Waals surface area (Å²) in [7, 11) is 1.73. The van der Waals surface area contributed by atoms with Crippen LogP contribution in [-0.2, 0) is 5.41 Å². The molecule has 0 spiro atoms. The molecule has 2 aromatic rings. The summed E-state index contributed by atoms with van der Waals surface area (Å²) in [5.74, 6) is 1.24. The Morgan fingerprint density at radius 1 is 1.35 bits per heavy atom. The number of rotatable bonds is 7. The molecule has 0 saturated carbocycles. The quantitative estimate of drug-likeness (QED) is 0.746. The first kappa shape index (κ1) is 19.4. The fourth-order valence-electron chi connectivity index (χ4n) is 2.48. The van der Waals surface area contributed by atoms with Crippen molar-refractivity contribution in [3.63, 3.8) is 0 Å². The molecule has 138 valence electrons. The van der Waals surface area contributed by atoms with Crippen molar-refractivity contribution >= 4 is 18.2 Å². The van der Waals surface area contributed by atoms with Crippen LogP contribution in [0.2, 0.25) is 0 Å². The molecule has 1 amide bonds. The van der Waals surface area contributed by atoms with Crippen molar-refractivity contribution in [2.45, 2.75) is 26.2 Å². The van der Waals surface area contributed by atoms with E-state index in [0.29, 0.717) is 24.7 Å². The molecule has 0 unspecified atom stereocenters. The zero-order valence-corrected chi connectivity index (χ0v) is 15.7. The van der Waals surface area contributed by atoms with Gasteiger partial charge in [0.25, 0.3) is 5.91 Å². The first-order valence-corrected chi connectivity index (χ1v) is 8.53. The molecule has 2 rings (SSSR count). The van der Waals surface area contributed by atoms with Gasteiger partial charge in [0.1, 0.15) is 23.9 Å². The Balaban J connectivity index is 1.94. The highest BCUT2D eigenvalue weighted by atomic mass is 16.5. The van der Waals surface area contributed by atoms with E-state index in [9.17, 15) is 4.79 Å². The van der Waals surface area contributed by atoms with Crippen LogP contribution in [-0.4, -0.2) is 47.2 Å². The Kier molecular flexibility index (Phi) is 6.33. The van der Waals surface area contributed by atoms with Crippen LogP contribution in [0.15, 0.2) is 36.5 Å². The van der Waals surface area contributed by atoms with Crippen molar-refractivity contribution in [1.29, 1.82) is 5.41 Å². The van der Waals surface area contributed by atoms with Crippen molar-refractivity contribution in [3.8, 4) is 5.75 Å². The number of carbonyl (C=O) groups excluding carboxylic acids is 1. The van der Waals surface area contributed by atoms with Gasteiger partial charge in [-0.05, 0) is 29.2 Å². The number of nitrogens with zero attached hydrogens (tertiary/aromatic N) is 2. The molecule has 26 heavy (non-hydrogen) atoms. The lowest BCUT2D eigenvalue weighted by atomic mass is 9.86. The average molecular weight is 354 g/mol. The SMILES string of the molecule is CN(CCOc1ccccc1C(C)(C)C)C(=O)c1cnc(/C=C\C=N)[nH]1. The normalized spacial score (nSPS) is 11.5. The number of hydrogen-bond acceptors (Lipinski definition) is 4. The van der Waals surface area contributed by atoms with Crippen molar-refractivity contribution in [2.75, 3.05) is 20.2 Å². The highest BCUT2D eigenvalue weighted by Crippen LogP contribution is 2.30. The molecule has 0 atom stereocenters. The maximum atomic E-state index is 12.4. The van der Waals surface area contributed by atoms with Gasteiger partial charge in [-0.3, -0.25) is 4.79 Å². The third kappa shape index (κ3) is 5.05. The highest BCUT2D eigenvalue weighted by molar-refractivity contribution is 5.92. The predicted octanol–water partition coefficient (Wildman–Crippen LogP) is 3.52. The molecule has 0 radical (unpaired) electrons. The molecule has 6 nitrogen and oxygen atoms in total. The Morgan fingerprint density at radius 2 is 2.08 bits per heavy atom. The number of imidazole rings is 1. The van der Waals surface area contributed by atoms with Gasteiger partial charge in [-0.1, -0.05) is 39.0 Å². The fraction of sp³-hybridized carbons (Fsp3) is 0.350. The van der Waals surface area contributed by atoms with Crippen LogP contribution in [0.25, 0.3) is 6.08 Å². The van der Waals surface area contributed by atoms with Gasteiger partial charge in [-0.25, -0.2) is 4.98 Å². The smallest absolute Gasteiger partial charge is 0.271 e. The minimum atomic E-state index is -0.153. The van der Waals surface area contributed by atoms with E-state index in [-0.39, 0.29) is 11.3 Å². The Morgan fingerprint density at radius 3 is 2.77 bits per heavy atom. The first-order chi connectivity index (χ1) is 12.3. The third-order valence-corrected chi connectivity index (χ3v) is 3.90. The van der Waals surface area contributed by atoms with E-state index in [1.165, 1.54) is 12.3 Å². The van der Waals surface area contributed by atoms with E-state index < -0.39 is 0 Å². The number of hydrogen-bond donors (Lipinski definition) is 2. The Labute approximate surface area is 154 Å². The number of aromatic nitrogens is 2. The van der Waals surface area contributed by atoms with E-state index in [4.69, 9.17) is 10.1 Å². The number of amides is 1. The lowest BCUT2D eigenvalue weighted by Gasteiger charge is -2.23. The van der Waals surface area contributed by atoms with Gasteiger partial charge in [0.05, 0.1) is 12.7 Å². The molecule has 1 aromatic heterocycles. The molecular formula is C20H26N4O2. The molecular weight excluding hydrogens is 328 g/mol. The molecule has 0 bridgehead atoms. The average Bonchev–Trinajstić information content (AvgIpc) is 3.07. The van der Waals surface area contributed by atoms with Crippen molar-refractivity contribution < 1.29 is 9.53 Å². The van der Waals surface area contributed by atoms with Crippen molar-refractivity contribution in [1.82, 2.24) is 14.9 Å². The van der Waals surface area contributed by atoms with E-state index in [1.54, 1.807) is 18.0 Å². The van der Waals surface area contributed by atoms with E-state index in [0.717, 1.165) is 17.5 Å². The van der Waals surface area contributed by atoms with Crippen LogP contribution in [0.3, 0.4) is 0 Å². The van der Waals surface area contributed by atoms with Gasteiger partial charge >= 0.3 is 0 Å². The number of allylic oxidation sites excluding steroid dienone is 1. The number of H-pyrrole nitrogens is 1. The minimum absolute atomic E-state index is 0.00533. The second kappa shape index (κ2) is 8.47. The summed E-state index contributed by atoms with van der Waals surface area (Å²) in [4.78, 5) is 21.1. The topological polar surface area (TPSA) is 82.1 Å². The second-order valence-electron chi connectivity index (χ2n) is 7.03. The van der Waals surface area contributed by atoms with Gasteiger partial charge in [0, 0.05) is 13.3 Å². The van der Waals surface area contributed by atoms with Crippen LogP contribution >= 0.6 is 0 Å². The standard InChI is InChI=1S/C20H26N4O2/c1-20(2,3)15-8-5-6-9-17(15)26-13-12-24(4)19(25)16-14-22-18(23-16)10-7-11-21/h5-11,14,21H,12-13H2,1-4H3,(H,22,23)/b10-7-,21-11?. The van der Waals surface area contributed by atoms with E-state index >= 15 is 0 Å². The predicted molar refractivity (Wildman–Crippen MR) is 104 cm³/mol. The number of nitrogens with one attached hydrogen (secondary N) is 2. The zero-order chi connectivity index (χ0) is 19.2. The van der Waals surface area contributed by atoms with Crippen LogP contribution < -0.4 is 4.74 Å². The lowest BCUT2D eigenvalue weighted by molar-refractivity contribution is 0.0768. The van der Waals surface area contributed by atoms with Gasteiger partial charge in [-0.15, -0.1) is 0 Å². The highest BCUT2D eigenvalue weighted by Gasteiger charge is 2.19. The van der Waals surface area contributed by atoms with E-state index in [2.05, 4.69) is 36.8 Å². The molecule has 1 aromatic carbocycles. The summed E-state index contributed by atoms with van der Waals surface area (Å²) in [5, 5.41) is 6.97. The van der Waals surface area contributed by atoms with Gasteiger partial charge in [0.15, 0.2) is 0 Å². The van der Waals surface area contributed by atoms with Gasteiger partial charge in [0.2, 0.25) is 0 Å². The summed E-state index contributed by atoms with van der Waals surface area (Å²) in [6.07, 6.45) is 5.83. The van der Waals surface area contributed by atoms with Crippen LogP contribution in [0.1, 0.15) is 42.6 Å². The zero-order valence-electron chi connectivity index (χ0n) is 15.7. The molecule has 0 saturated heterocycles. The first-order valence-electron chi connectivity index (χ1n) is 8.53. The van der Waals surface area contributed by atoms with Crippen molar-refractivity contribution in [3.05, 3.63) is 53.6 Å². The third-order valence-electron chi connectivity index (χ3n) is 3.90. The largest absolute Gasteiger partial charge is 0.491 e. The summed E-state index contributed by atoms with van der Waals surface area (Å²) in [6.45, 7) is 7.31. The number of carbonyl (C=O) groups is 1. The van der Waals surface area contributed by atoms with Crippen LogP contribution in [0.5, 0.6) is 5.75 Å². The Hall–Kier alpha value is -2.89. The number of benzene rings is 1. The fourth-order valence-corrected chi connectivity index (χ4v) is 2.48. The van der Waals surface area contributed by atoms with Gasteiger partial charge in [-0.2, -0.15) is 0 Å². The molecule has 0 aliphatic rings. The van der Waals surface area contributed by atoms with Crippen molar-refractivity contribution in [2.24, 2.45) is 0 Å². The molecule has 0 fully saturated rings. The number of ether oxygens (including phenoxy) is 1. The molecule has 1 heterocycles. The molecule has 2 N–H and O–H groups in total. The maximum Gasteiger partial charge on any atom is 0.271 e. The second-order valence-corrected chi connectivity index (χ2v) is 7.03. The van der Waals surface area contributed by atoms with Crippen LogP contribution in [0, 0.1) is 5.41 Å². The maximum absolute atomic E-state index is 12.4. The number of likely N-dealkylation sites (N-methyl/N-ethyl adjacent to an activating group) is 1. The number of para-hydroxylation sites is 1. The van der Waals surface area contributed by atoms with E-state index in [1.807, 2.05) is 18.2 Å². The Bertz CT molecular complexity index is 787. The van der Waals surface area contributed by atoms with Gasteiger partial charge < -0.3 is 20.0 Å². The monoisotopic (exact) mass is 354 g/mol. The molecule has 6 heteroatoms. The summed E-state index contributed by atoms with van der Waals surface area (Å²) in [6, 6.07) is 7.98. The summed E-state index contributed by atoms with van der Waals surface area (Å²) >= 11 is 0.